The highest BCUT2D eigenvalue weighted by Gasteiger charge is 2.18. The molecular formula is C14H12N2O6S. The lowest BCUT2D eigenvalue weighted by molar-refractivity contribution is 0.0692. The molecule has 0 fully saturated rings. The van der Waals surface area contributed by atoms with E-state index in [1.807, 2.05) is 0 Å². The van der Waals surface area contributed by atoms with Crippen LogP contribution in [0.25, 0.3) is 0 Å². The topological polar surface area (TPSA) is 147 Å². The van der Waals surface area contributed by atoms with Crippen LogP contribution in [-0.2, 0) is 10.1 Å². The van der Waals surface area contributed by atoms with Crippen LogP contribution in [0, 0.1) is 0 Å². The van der Waals surface area contributed by atoms with Crippen molar-refractivity contribution in [2.24, 2.45) is 0 Å². The Balaban J connectivity index is 2.32. The normalized spacial score (nSPS) is 11.0. The van der Waals surface area contributed by atoms with E-state index in [4.69, 9.17) is 15.4 Å². The van der Waals surface area contributed by atoms with Gasteiger partial charge in [-0.2, -0.15) is 8.42 Å². The second-order valence-corrected chi connectivity index (χ2v) is 5.92. The van der Waals surface area contributed by atoms with E-state index < -0.39 is 26.9 Å². The zero-order valence-corrected chi connectivity index (χ0v) is 12.4. The fourth-order valence-corrected chi connectivity index (χ4v) is 2.52. The molecule has 0 atom stereocenters. The number of aromatic carboxylic acids is 1. The average molecular weight is 336 g/mol. The van der Waals surface area contributed by atoms with Crippen molar-refractivity contribution >= 4 is 33.4 Å². The van der Waals surface area contributed by atoms with E-state index in [2.05, 4.69) is 5.32 Å². The second kappa shape index (κ2) is 6.07. The molecule has 120 valence electrons. The number of carbonyl (C=O) groups excluding carboxylic acids is 1. The molecule has 0 saturated carbocycles. The van der Waals surface area contributed by atoms with Crippen LogP contribution in [0.15, 0.2) is 47.4 Å². The van der Waals surface area contributed by atoms with Crippen LogP contribution in [0.3, 0.4) is 0 Å². The summed E-state index contributed by atoms with van der Waals surface area (Å²) < 4.78 is 31.1. The van der Waals surface area contributed by atoms with Gasteiger partial charge < -0.3 is 16.2 Å². The minimum Gasteiger partial charge on any atom is -0.478 e. The van der Waals surface area contributed by atoms with Crippen LogP contribution in [-0.4, -0.2) is 30.0 Å². The third-order valence-electron chi connectivity index (χ3n) is 2.95. The van der Waals surface area contributed by atoms with Crippen molar-refractivity contribution in [3.05, 3.63) is 53.6 Å². The summed E-state index contributed by atoms with van der Waals surface area (Å²) in [6, 6.07) is 9.02. The Morgan fingerprint density at radius 1 is 1.04 bits per heavy atom. The highest BCUT2D eigenvalue weighted by atomic mass is 32.2. The molecule has 0 aliphatic carbocycles. The number of carboxylic acid groups (broad SMARTS) is 1. The summed E-state index contributed by atoms with van der Waals surface area (Å²) >= 11 is 0. The van der Waals surface area contributed by atoms with Gasteiger partial charge in [-0.1, -0.05) is 12.1 Å². The van der Waals surface area contributed by atoms with Crippen molar-refractivity contribution < 1.29 is 27.7 Å². The molecule has 8 nitrogen and oxygen atoms in total. The number of hydrogen-bond acceptors (Lipinski definition) is 5. The first-order valence-corrected chi connectivity index (χ1v) is 7.65. The molecule has 0 aromatic heterocycles. The van der Waals surface area contributed by atoms with Gasteiger partial charge in [0.25, 0.3) is 16.0 Å². The molecule has 2 rings (SSSR count). The van der Waals surface area contributed by atoms with Gasteiger partial charge in [0.15, 0.2) is 0 Å². The third kappa shape index (κ3) is 3.65. The van der Waals surface area contributed by atoms with Crippen LogP contribution in [0.1, 0.15) is 20.7 Å². The number of nitrogens with two attached hydrogens (primary N) is 1. The molecule has 0 aliphatic heterocycles. The number of nitrogen functional groups attached to an aromatic ring is 1. The number of anilines is 2. The monoisotopic (exact) mass is 336 g/mol. The van der Waals surface area contributed by atoms with E-state index in [9.17, 15) is 18.0 Å². The molecule has 0 radical (unpaired) electrons. The molecule has 2 aromatic rings. The minimum absolute atomic E-state index is 0.0579. The summed E-state index contributed by atoms with van der Waals surface area (Å²) in [5.74, 6) is -1.95. The van der Waals surface area contributed by atoms with Crippen molar-refractivity contribution in [3.8, 4) is 0 Å². The summed E-state index contributed by atoms with van der Waals surface area (Å²) in [7, 11) is -4.46. The largest absolute Gasteiger partial charge is 0.478 e. The van der Waals surface area contributed by atoms with Gasteiger partial charge in [-0.25, -0.2) is 4.79 Å². The zero-order chi connectivity index (χ0) is 17.2. The first-order valence-electron chi connectivity index (χ1n) is 6.21. The summed E-state index contributed by atoms with van der Waals surface area (Å²) in [5.41, 5.74) is 5.18. The van der Waals surface area contributed by atoms with Gasteiger partial charge in [-0.3, -0.25) is 9.35 Å². The minimum atomic E-state index is -4.46. The Kier molecular flexibility index (Phi) is 4.34. The number of nitrogens with one attached hydrogen (secondary N) is 1. The van der Waals surface area contributed by atoms with Gasteiger partial charge in [-0.15, -0.1) is 0 Å². The molecular weight excluding hydrogens is 324 g/mol. The summed E-state index contributed by atoms with van der Waals surface area (Å²) in [4.78, 5) is 22.8. The molecule has 0 unspecified atom stereocenters. The van der Waals surface area contributed by atoms with E-state index in [1.54, 1.807) is 0 Å². The zero-order valence-electron chi connectivity index (χ0n) is 11.6. The van der Waals surface area contributed by atoms with Crippen LogP contribution in [0.5, 0.6) is 0 Å². The van der Waals surface area contributed by atoms with Crippen LogP contribution in [0.2, 0.25) is 0 Å². The quantitative estimate of drug-likeness (QED) is 0.488. The number of benzene rings is 2. The lowest BCUT2D eigenvalue weighted by Crippen LogP contribution is -2.16. The number of carbonyl (C=O) groups is 2. The average Bonchev–Trinajstić information content (AvgIpc) is 2.45. The van der Waals surface area contributed by atoms with Gasteiger partial charge in [0.1, 0.15) is 4.90 Å². The van der Waals surface area contributed by atoms with Crippen molar-refractivity contribution in [2.75, 3.05) is 11.1 Å². The molecule has 0 bridgehead atoms. The van der Waals surface area contributed by atoms with Crippen molar-refractivity contribution in [1.29, 1.82) is 0 Å². The predicted octanol–water partition coefficient (Wildman–Crippen LogP) is 1.47. The van der Waals surface area contributed by atoms with Gasteiger partial charge in [0.2, 0.25) is 0 Å². The fraction of sp³-hybridized carbons (Fsp3) is 0. The smallest absolute Gasteiger partial charge is 0.336 e. The maximum atomic E-state index is 12.1. The van der Waals surface area contributed by atoms with Crippen LogP contribution in [0.4, 0.5) is 11.4 Å². The van der Waals surface area contributed by atoms with Crippen LogP contribution >= 0.6 is 0 Å². The highest BCUT2D eigenvalue weighted by Crippen LogP contribution is 2.23. The number of rotatable bonds is 4. The molecule has 0 aliphatic rings. The maximum absolute atomic E-state index is 12.1. The van der Waals surface area contributed by atoms with E-state index >= 15 is 0 Å². The summed E-state index contributed by atoms with van der Waals surface area (Å²) in [5, 5.41) is 11.5. The Labute approximate surface area is 131 Å². The van der Waals surface area contributed by atoms with E-state index in [0.29, 0.717) is 0 Å². The summed E-state index contributed by atoms with van der Waals surface area (Å²) in [6.45, 7) is 0. The predicted molar refractivity (Wildman–Crippen MR) is 82.0 cm³/mol. The van der Waals surface area contributed by atoms with Crippen molar-refractivity contribution in [2.45, 2.75) is 4.90 Å². The second-order valence-electron chi connectivity index (χ2n) is 4.53. The standard InChI is InChI=1S/C14H12N2O6S/c15-11-7-8(5-6-12(11)23(20,21)22)16-13(17)9-3-1-2-4-10(9)14(18)19/h1-7H,15H2,(H,16,17)(H,18,19)(H,20,21,22). The number of hydrogen-bond donors (Lipinski definition) is 4. The molecule has 23 heavy (non-hydrogen) atoms. The van der Waals surface area contributed by atoms with E-state index in [0.717, 1.165) is 12.1 Å². The Bertz CT molecular complexity index is 892. The molecule has 0 saturated heterocycles. The fourth-order valence-electron chi connectivity index (χ4n) is 1.93. The Hall–Kier alpha value is -2.91. The lowest BCUT2D eigenvalue weighted by atomic mass is 10.1. The third-order valence-corrected chi connectivity index (χ3v) is 3.88. The first kappa shape index (κ1) is 16.5. The van der Waals surface area contributed by atoms with E-state index in [1.165, 1.54) is 30.3 Å². The van der Waals surface area contributed by atoms with Gasteiger partial charge >= 0.3 is 5.97 Å². The molecule has 9 heteroatoms. The van der Waals surface area contributed by atoms with Crippen molar-refractivity contribution in [3.63, 3.8) is 0 Å². The Morgan fingerprint density at radius 3 is 2.17 bits per heavy atom. The molecule has 0 heterocycles. The SMILES string of the molecule is Nc1cc(NC(=O)c2ccccc2C(=O)O)ccc1S(=O)(=O)O. The molecule has 0 spiro atoms. The molecule has 2 aromatic carbocycles. The molecule has 5 N–H and O–H groups in total. The van der Waals surface area contributed by atoms with Gasteiger partial charge in [0, 0.05) is 5.69 Å². The molecule has 1 amide bonds. The first-order chi connectivity index (χ1) is 10.7. The van der Waals surface area contributed by atoms with E-state index in [-0.39, 0.29) is 22.5 Å². The van der Waals surface area contributed by atoms with Crippen molar-refractivity contribution in [1.82, 2.24) is 0 Å². The van der Waals surface area contributed by atoms with Crippen LogP contribution < -0.4 is 11.1 Å². The maximum Gasteiger partial charge on any atom is 0.336 e. The summed E-state index contributed by atoms with van der Waals surface area (Å²) in [6.07, 6.45) is 0. The number of amides is 1. The number of carboxylic acids is 1. The van der Waals surface area contributed by atoms with Gasteiger partial charge in [0.05, 0.1) is 16.8 Å². The lowest BCUT2D eigenvalue weighted by Gasteiger charge is -2.09. The van der Waals surface area contributed by atoms with Gasteiger partial charge in [-0.05, 0) is 30.3 Å². The Morgan fingerprint density at radius 2 is 1.65 bits per heavy atom. The highest BCUT2D eigenvalue weighted by molar-refractivity contribution is 7.86.